The van der Waals surface area contributed by atoms with Gasteiger partial charge in [-0.15, -0.1) is 0 Å². The molecule has 0 saturated carbocycles. The highest BCUT2D eigenvalue weighted by Gasteiger charge is 2.24. The first-order valence-corrected chi connectivity index (χ1v) is 11.7. The summed E-state index contributed by atoms with van der Waals surface area (Å²) < 4.78 is 14.5. The number of aromatic nitrogens is 2. The standard InChI is InChI=1S/C27H31ClFN3O2/c1-26(2,3)22(34)13-11-17-20(29)12-10-18(23(17)28)21(33)14-16-8-7-9-19-24(16)30-15-31-25(19)32-27(4,5)6/h7-10,12,15H,11,13-14H2,1-6H3,(H,30,31,32). The van der Waals surface area contributed by atoms with Crippen molar-refractivity contribution < 1.29 is 14.0 Å². The number of benzene rings is 2. The summed E-state index contributed by atoms with van der Waals surface area (Å²) in [5.41, 5.74) is 1.12. The van der Waals surface area contributed by atoms with E-state index in [-0.39, 0.29) is 52.5 Å². The van der Waals surface area contributed by atoms with Crippen LogP contribution in [-0.4, -0.2) is 27.1 Å². The van der Waals surface area contributed by atoms with E-state index in [1.54, 1.807) is 0 Å². The molecular formula is C27H31ClFN3O2. The number of carbonyl (C=O) groups is 2. The average Bonchev–Trinajstić information content (AvgIpc) is 2.72. The highest BCUT2D eigenvalue weighted by Crippen LogP contribution is 2.30. The van der Waals surface area contributed by atoms with E-state index in [0.29, 0.717) is 11.3 Å². The van der Waals surface area contributed by atoms with E-state index >= 15 is 0 Å². The molecule has 3 rings (SSSR count). The van der Waals surface area contributed by atoms with Crippen LogP contribution in [0.1, 0.15) is 69.4 Å². The molecule has 0 spiro atoms. The second kappa shape index (κ2) is 9.79. The number of fused-ring (bicyclic) bond motifs is 1. The first-order valence-electron chi connectivity index (χ1n) is 11.3. The minimum absolute atomic E-state index is 0.00908. The third-order valence-electron chi connectivity index (χ3n) is 5.52. The number of anilines is 1. The quantitative estimate of drug-likeness (QED) is 0.383. The number of hydrogen-bond donors (Lipinski definition) is 1. The van der Waals surface area contributed by atoms with Crippen LogP contribution in [0.4, 0.5) is 10.2 Å². The molecule has 0 bridgehead atoms. The Balaban J connectivity index is 1.90. The monoisotopic (exact) mass is 483 g/mol. The van der Waals surface area contributed by atoms with Crippen molar-refractivity contribution in [3.8, 4) is 0 Å². The maximum Gasteiger partial charge on any atom is 0.168 e. The Labute approximate surface area is 205 Å². The van der Waals surface area contributed by atoms with Gasteiger partial charge < -0.3 is 5.32 Å². The van der Waals surface area contributed by atoms with Crippen LogP contribution in [0.3, 0.4) is 0 Å². The van der Waals surface area contributed by atoms with Crippen molar-refractivity contribution in [2.24, 2.45) is 5.41 Å². The molecule has 0 saturated heterocycles. The van der Waals surface area contributed by atoms with E-state index in [1.807, 2.05) is 59.7 Å². The third kappa shape index (κ3) is 5.98. The van der Waals surface area contributed by atoms with Gasteiger partial charge in [0.1, 0.15) is 23.7 Å². The summed E-state index contributed by atoms with van der Waals surface area (Å²) in [6.07, 6.45) is 1.82. The summed E-state index contributed by atoms with van der Waals surface area (Å²) in [5, 5.41) is 4.25. The molecule has 0 unspecified atom stereocenters. The zero-order valence-electron chi connectivity index (χ0n) is 20.6. The number of nitrogens with zero attached hydrogens (tertiary/aromatic N) is 2. The molecule has 0 fully saturated rings. The second-order valence-corrected chi connectivity index (χ2v) is 10.9. The molecule has 7 heteroatoms. The normalized spacial score (nSPS) is 12.1. The van der Waals surface area contributed by atoms with Crippen molar-refractivity contribution in [3.63, 3.8) is 0 Å². The van der Waals surface area contributed by atoms with Gasteiger partial charge in [-0.3, -0.25) is 9.59 Å². The Bertz CT molecular complexity index is 1240. The number of halogens is 2. The van der Waals surface area contributed by atoms with Crippen LogP contribution in [0.2, 0.25) is 5.02 Å². The Hall–Kier alpha value is -2.86. The SMILES string of the molecule is CC(C)(C)Nc1ncnc2c(CC(=O)c3ccc(F)c(CCC(=O)C(C)(C)C)c3Cl)cccc12. The van der Waals surface area contributed by atoms with E-state index in [1.165, 1.54) is 18.5 Å². The van der Waals surface area contributed by atoms with Gasteiger partial charge in [-0.25, -0.2) is 14.4 Å². The predicted molar refractivity (Wildman–Crippen MR) is 135 cm³/mol. The van der Waals surface area contributed by atoms with Crippen LogP contribution in [-0.2, 0) is 17.6 Å². The van der Waals surface area contributed by atoms with Crippen molar-refractivity contribution in [1.29, 1.82) is 0 Å². The number of nitrogens with one attached hydrogen (secondary N) is 1. The maximum absolute atomic E-state index is 14.5. The fraction of sp³-hybridized carbons (Fsp3) is 0.407. The summed E-state index contributed by atoms with van der Waals surface area (Å²) in [5.74, 6) is -0.0591. The Kier molecular flexibility index (Phi) is 7.41. The number of ketones is 2. The third-order valence-corrected chi connectivity index (χ3v) is 5.95. The summed E-state index contributed by atoms with van der Waals surface area (Å²) in [4.78, 5) is 34.3. The van der Waals surface area contributed by atoms with Crippen LogP contribution in [0.15, 0.2) is 36.7 Å². The second-order valence-electron chi connectivity index (χ2n) is 10.6. The van der Waals surface area contributed by atoms with E-state index in [2.05, 4.69) is 15.3 Å². The van der Waals surface area contributed by atoms with Gasteiger partial charge in [0.25, 0.3) is 0 Å². The van der Waals surface area contributed by atoms with Crippen LogP contribution in [0, 0.1) is 11.2 Å². The van der Waals surface area contributed by atoms with Crippen LogP contribution >= 0.6 is 11.6 Å². The van der Waals surface area contributed by atoms with Gasteiger partial charge in [-0.05, 0) is 51.0 Å². The summed E-state index contributed by atoms with van der Waals surface area (Å²) in [6.45, 7) is 11.6. The Morgan fingerprint density at radius 1 is 1.03 bits per heavy atom. The number of carbonyl (C=O) groups excluding carboxylic acids is 2. The zero-order valence-corrected chi connectivity index (χ0v) is 21.3. The summed E-state index contributed by atoms with van der Waals surface area (Å²) in [7, 11) is 0. The van der Waals surface area contributed by atoms with Crippen LogP contribution in [0.5, 0.6) is 0 Å². The lowest BCUT2D eigenvalue weighted by Crippen LogP contribution is -2.26. The lowest BCUT2D eigenvalue weighted by Gasteiger charge is -2.22. The zero-order chi connectivity index (χ0) is 25.3. The number of Topliss-reactive ketones (excluding diaryl/α,β-unsaturated/α-hetero) is 2. The lowest BCUT2D eigenvalue weighted by molar-refractivity contribution is -0.126. The highest BCUT2D eigenvalue weighted by atomic mass is 35.5. The molecule has 0 radical (unpaired) electrons. The van der Waals surface area contributed by atoms with Crippen molar-refractivity contribution >= 4 is 39.9 Å². The topological polar surface area (TPSA) is 72.0 Å². The van der Waals surface area contributed by atoms with Crippen molar-refractivity contribution in [2.75, 3.05) is 5.32 Å². The smallest absolute Gasteiger partial charge is 0.168 e. The Morgan fingerprint density at radius 3 is 2.38 bits per heavy atom. The van der Waals surface area contributed by atoms with Gasteiger partial charge in [-0.1, -0.05) is 44.5 Å². The van der Waals surface area contributed by atoms with Gasteiger partial charge in [0.2, 0.25) is 0 Å². The van der Waals surface area contributed by atoms with Gasteiger partial charge in [0.05, 0.1) is 10.5 Å². The molecule has 0 aliphatic heterocycles. The number of hydrogen-bond acceptors (Lipinski definition) is 5. The molecule has 0 aliphatic rings. The largest absolute Gasteiger partial charge is 0.365 e. The minimum Gasteiger partial charge on any atom is -0.365 e. The minimum atomic E-state index is -0.521. The molecule has 34 heavy (non-hydrogen) atoms. The first kappa shape index (κ1) is 25.8. The predicted octanol–water partition coefficient (Wildman–Crippen LogP) is 6.61. The molecule has 1 aromatic heterocycles. The van der Waals surface area contributed by atoms with Gasteiger partial charge in [-0.2, -0.15) is 0 Å². The van der Waals surface area contributed by atoms with E-state index in [9.17, 15) is 14.0 Å². The molecular weight excluding hydrogens is 453 g/mol. The molecule has 0 aliphatic carbocycles. The van der Waals surface area contributed by atoms with E-state index in [0.717, 1.165) is 10.9 Å². The molecule has 1 N–H and O–H groups in total. The van der Waals surface area contributed by atoms with E-state index < -0.39 is 11.2 Å². The van der Waals surface area contributed by atoms with Gasteiger partial charge in [0.15, 0.2) is 5.78 Å². The molecule has 2 aromatic carbocycles. The molecule has 0 amide bonds. The molecule has 5 nitrogen and oxygen atoms in total. The van der Waals surface area contributed by atoms with Crippen molar-refractivity contribution in [3.05, 3.63) is 64.2 Å². The maximum atomic E-state index is 14.5. The summed E-state index contributed by atoms with van der Waals surface area (Å²) in [6, 6.07) is 8.26. The Morgan fingerprint density at radius 2 is 1.74 bits per heavy atom. The molecule has 3 aromatic rings. The van der Waals surface area contributed by atoms with Crippen LogP contribution in [0.25, 0.3) is 10.9 Å². The lowest BCUT2D eigenvalue weighted by atomic mass is 9.87. The first-order chi connectivity index (χ1) is 15.8. The molecule has 180 valence electrons. The fourth-order valence-electron chi connectivity index (χ4n) is 3.67. The van der Waals surface area contributed by atoms with Crippen molar-refractivity contribution in [2.45, 2.75) is 66.3 Å². The molecule has 1 heterocycles. The highest BCUT2D eigenvalue weighted by molar-refractivity contribution is 6.34. The van der Waals surface area contributed by atoms with Gasteiger partial charge in [0, 0.05) is 40.3 Å². The number of rotatable bonds is 7. The van der Waals surface area contributed by atoms with Gasteiger partial charge >= 0.3 is 0 Å². The van der Waals surface area contributed by atoms with Crippen LogP contribution < -0.4 is 5.32 Å². The fourth-order valence-corrected chi connectivity index (χ4v) is 4.02. The molecule has 0 atom stereocenters. The number of para-hydroxylation sites is 1. The summed E-state index contributed by atoms with van der Waals surface area (Å²) >= 11 is 6.48. The average molecular weight is 484 g/mol. The van der Waals surface area contributed by atoms with E-state index in [4.69, 9.17) is 11.6 Å². The van der Waals surface area contributed by atoms with Crippen molar-refractivity contribution in [1.82, 2.24) is 9.97 Å².